The lowest BCUT2D eigenvalue weighted by Gasteiger charge is -2.42. The number of carbonyl (C=O) groups excluding carboxylic acids is 3. The van der Waals surface area contributed by atoms with Gasteiger partial charge >= 0.3 is 6.03 Å². The van der Waals surface area contributed by atoms with Crippen LogP contribution in [0.1, 0.15) is 59.3 Å². The summed E-state index contributed by atoms with van der Waals surface area (Å²) < 4.78 is 0. The smallest absolute Gasteiger partial charge is 0.325 e. The fraction of sp³-hybridized carbons (Fsp3) is 0.842. The molecule has 2 heterocycles. The third-order valence-electron chi connectivity index (χ3n) is 6.74. The lowest BCUT2D eigenvalue weighted by Crippen LogP contribution is -2.56. The van der Waals surface area contributed by atoms with Crippen molar-refractivity contribution in [3.05, 3.63) is 0 Å². The summed E-state index contributed by atoms with van der Waals surface area (Å²) in [5, 5.41) is 2.89. The molecule has 0 radical (unpaired) electrons. The molecule has 2 saturated heterocycles. The number of nitrogens with one attached hydrogen (secondary N) is 1. The fourth-order valence-corrected chi connectivity index (χ4v) is 4.56. The predicted molar refractivity (Wildman–Crippen MR) is 98.2 cm³/mol. The topological polar surface area (TPSA) is 95.7 Å². The van der Waals surface area contributed by atoms with Gasteiger partial charge in [0.25, 0.3) is 5.91 Å². The van der Waals surface area contributed by atoms with Gasteiger partial charge in [0.15, 0.2) is 0 Å². The van der Waals surface area contributed by atoms with Crippen molar-refractivity contribution >= 4 is 17.8 Å². The first-order valence-electron chi connectivity index (χ1n) is 9.86. The molecule has 0 bridgehead atoms. The summed E-state index contributed by atoms with van der Waals surface area (Å²) in [6.07, 6.45) is 5.08. The fourth-order valence-electron chi connectivity index (χ4n) is 4.56. The van der Waals surface area contributed by atoms with Crippen LogP contribution in [0, 0.1) is 11.3 Å². The summed E-state index contributed by atoms with van der Waals surface area (Å²) in [4.78, 5) is 40.9. The Kier molecular flexibility index (Phi) is 5.03. The summed E-state index contributed by atoms with van der Waals surface area (Å²) in [5.41, 5.74) is 5.19. The van der Waals surface area contributed by atoms with E-state index in [1.54, 1.807) is 4.90 Å². The molecule has 0 aromatic heterocycles. The van der Waals surface area contributed by atoms with E-state index in [2.05, 4.69) is 12.2 Å². The SMILES string of the molecule is CCC1CCC2(CC1)NC(=O)N(CC(=O)N1CCC(N)C(C)(C)C1)C2=O. The largest absolute Gasteiger partial charge is 0.340 e. The van der Waals surface area contributed by atoms with Gasteiger partial charge in [0.05, 0.1) is 0 Å². The minimum absolute atomic E-state index is 0.0558. The van der Waals surface area contributed by atoms with Gasteiger partial charge in [-0.15, -0.1) is 0 Å². The van der Waals surface area contributed by atoms with Crippen molar-refractivity contribution in [1.82, 2.24) is 15.1 Å². The average Bonchev–Trinajstić information content (AvgIpc) is 2.82. The zero-order valence-electron chi connectivity index (χ0n) is 16.2. The highest BCUT2D eigenvalue weighted by Crippen LogP contribution is 2.37. The van der Waals surface area contributed by atoms with Gasteiger partial charge in [0, 0.05) is 19.1 Å². The monoisotopic (exact) mass is 364 g/mol. The van der Waals surface area contributed by atoms with Crippen LogP contribution in [0.2, 0.25) is 0 Å². The molecule has 1 saturated carbocycles. The molecule has 0 aromatic rings. The Hall–Kier alpha value is -1.63. The van der Waals surface area contributed by atoms with E-state index in [-0.39, 0.29) is 29.8 Å². The van der Waals surface area contributed by atoms with E-state index >= 15 is 0 Å². The zero-order valence-corrected chi connectivity index (χ0v) is 16.2. The highest BCUT2D eigenvalue weighted by Gasteiger charge is 2.53. The molecule has 26 heavy (non-hydrogen) atoms. The number of carbonyl (C=O) groups is 3. The summed E-state index contributed by atoms with van der Waals surface area (Å²) in [6.45, 7) is 7.22. The highest BCUT2D eigenvalue weighted by atomic mass is 16.2. The second-order valence-corrected chi connectivity index (χ2v) is 8.95. The van der Waals surface area contributed by atoms with Gasteiger partial charge in [-0.3, -0.25) is 14.5 Å². The van der Waals surface area contributed by atoms with Crippen molar-refractivity contribution in [2.75, 3.05) is 19.6 Å². The minimum Gasteiger partial charge on any atom is -0.340 e. The van der Waals surface area contributed by atoms with E-state index in [9.17, 15) is 14.4 Å². The molecule has 0 aromatic carbocycles. The summed E-state index contributed by atoms with van der Waals surface area (Å²) in [7, 11) is 0. The zero-order chi connectivity index (χ0) is 19.1. The molecule has 4 amide bonds. The van der Waals surface area contributed by atoms with Crippen molar-refractivity contribution in [3.8, 4) is 0 Å². The van der Waals surface area contributed by atoms with Crippen LogP contribution in [0.25, 0.3) is 0 Å². The molecule has 1 spiro atoms. The predicted octanol–water partition coefficient (Wildman–Crippen LogP) is 1.46. The van der Waals surface area contributed by atoms with E-state index in [1.165, 1.54) is 0 Å². The molecule has 3 rings (SSSR count). The first kappa shape index (κ1) is 19.1. The first-order chi connectivity index (χ1) is 12.2. The Balaban J connectivity index is 1.64. The summed E-state index contributed by atoms with van der Waals surface area (Å²) in [6, 6.07) is -0.369. The second-order valence-electron chi connectivity index (χ2n) is 8.95. The highest BCUT2D eigenvalue weighted by molar-refractivity contribution is 6.09. The molecule has 3 aliphatic rings. The summed E-state index contributed by atoms with van der Waals surface area (Å²) >= 11 is 0. The van der Waals surface area contributed by atoms with Gasteiger partial charge in [-0.25, -0.2) is 4.79 Å². The first-order valence-corrected chi connectivity index (χ1v) is 9.86. The summed E-state index contributed by atoms with van der Waals surface area (Å²) in [5.74, 6) is 0.229. The van der Waals surface area contributed by atoms with Crippen LogP contribution in [0.4, 0.5) is 4.79 Å². The standard InChI is InChI=1S/C19H32N4O3/c1-4-13-5-8-19(9-6-13)16(25)23(17(26)21-19)11-15(24)22-10-7-14(20)18(2,3)12-22/h13-14H,4-12,20H2,1-3H3,(H,21,26). The van der Waals surface area contributed by atoms with Crippen LogP contribution >= 0.6 is 0 Å². The number of urea groups is 1. The Morgan fingerprint density at radius 2 is 1.88 bits per heavy atom. The van der Waals surface area contributed by atoms with Crippen LogP contribution in [-0.2, 0) is 9.59 Å². The molecule has 2 aliphatic heterocycles. The van der Waals surface area contributed by atoms with E-state index in [1.807, 2.05) is 13.8 Å². The van der Waals surface area contributed by atoms with Gasteiger partial charge in [0.1, 0.15) is 12.1 Å². The van der Waals surface area contributed by atoms with Crippen molar-refractivity contribution in [1.29, 1.82) is 0 Å². The lowest BCUT2D eigenvalue weighted by atomic mass is 9.75. The van der Waals surface area contributed by atoms with Crippen LogP contribution in [0.5, 0.6) is 0 Å². The van der Waals surface area contributed by atoms with Gasteiger partial charge in [-0.1, -0.05) is 27.2 Å². The maximum atomic E-state index is 12.9. The van der Waals surface area contributed by atoms with Crippen molar-refractivity contribution in [3.63, 3.8) is 0 Å². The van der Waals surface area contributed by atoms with Crippen LogP contribution in [-0.4, -0.2) is 58.9 Å². The second kappa shape index (κ2) is 6.83. The van der Waals surface area contributed by atoms with Gasteiger partial charge in [-0.05, 0) is 43.4 Å². The molecule has 3 N–H and O–H groups in total. The Bertz CT molecular complexity index is 596. The molecule has 1 atom stereocenters. The average molecular weight is 364 g/mol. The van der Waals surface area contributed by atoms with Crippen LogP contribution in [0.3, 0.4) is 0 Å². The Morgan fingerprint density at radius 1 is 1.23 bits per heavy atom. The van der Waals surface area contributed by atoms with E-state index in [0.29, 0.717) is 31.8 Å². The van der Waals surface area contributed by atoms with Crippen molar-refractivity contribution in [2.45, 2.75) is 70.9 Å². The number of likely N-dealkylation sites (tertiary alicyclic amines) is 1. The molecular weight excluding hydrogens is 332 g/mol. The number of imide groups is 1. The van der Waals surface area contributed by atoms with Crippen LogP contribution < -0.4 is 11.1 Å². The van der Waals surface area contributed by atoms with Gasteiger partial charge in [0.2, 0.25) is 5.91 Å². The minimum atomic E-state index is -0.785. The maximum absolute atomic E-state index is 12.9. The number of hydrogen-bond donors (Lipinski definition) is 2. The number of amides is 4. The van der Waals surface area contributed by atoms with E-state index in [0.717, 1.165) is 30.6 Å². The molecule has 1 aliphatic carbocycles. The number of nitrogens with zero attached hydrogens (tertiary/aromatic N) is 2. The van der Waals surface area contributed by atoms with Gasteiger partial charge in [-0.2, -0.15) is 0 Å². The van der Waals surface area contributed by atoms with Crippen molar-refractivity contribution in [2.24, 2.45) is 17.1 Å². The van der Waals surface area contributed by atoms with Crippen molar-refractivity contribution < 1.29 is 14.4 Å². The molecule has 7 nitrogen and oxygen atoms in total. The molecule has 1 unspecified atom stereocenters. The third-order valence-corrected chi connectivity index (χ3v) is 6.74. The Morgan fingerprint density at radius 3 is 2.46 bits per heavy atom. The van der Waals surface area contributed by atoms with E-state index < -0.39 is 11.6 Å². The lowest BCUT2D eigenvalue weighted by molar-refractivity contribution is -0.141. The maximum Gasteiger partial charge on any atom is 0.325 e. The number of piperidine rings is 1. The molecular formula is C19H32N4O3. The van der Waals surface area contributed by atoms with Gasteiger partial charge < -0.3 is 16.0 Å². The molecule has 146 valence electrons. The number of hydrogen-bond acceptors (Lipinski definition) is 4. The Labute approximate surface area is 155 Å². The van der Waals surface area contributed by atoms with Crippen LogP contribution in [0.15, 0.2) is 0 Å². The number of nitrogens with two attached hydrogens (primary N) is 1. The third kappa shape index (κ3) is 3.33. The number of rotatable bonds is 3. The van der Waals surface area contributed by atoms with E-state index in [4.69, 9.17) is 5.73 Å². The normalized spacial score (nSPS) is 34.3. The quantitative estimate of drug-likeness (QED) is 0.741. The molecule has 3 fully saturated rings. The molecule has 7 heteroatoms.